The number of hydrogen-bond acceptors (Lipinski definition) is 5. The van der Waals surface area contributed by atoms with Crippen molar-refractivity contribution in [2.45, 2.75) is 43.8 Å². The molecule has 2 N–H and O–H groups in total. The van der Waals surface area contributed by atoms with Crippen LogP contribution in [0.4, 0.5) is 5.69 Å². The lowest BCUT2D eigenvalue weighted by molar-refractivity contribution is -0.159. The Morgan fingerprint density at radius 3 is 2.90 bits per heavy atom. The molecule has 1 spiro atoms. The fraction of sp³-hybridized carbons (Fsp3) is 0.562. The van der Waals surface area contributed by atoms with Crippen molar-refractivity contribution in [3.05, 3.63) is 23.8 Å². The van der Waals surface area contributed by atoms with Gasteiger partial charge in [-0.15, -0.1) is 0 Å². The molecule has 1 heterocycles. The average Bonchev–Trinajstić information content (AvgIpc) is 2.46. The van der Waals surface area contributed by atoms with E-state index in [0.29, 0.717) is 23.6 Å². The highest BCUT2D eigenvalue weighted by atomic mass is 16.6. The van der Waals surface area contributed by atoms with Crippen LogP contribution in [-0.2, 0) is 9.47 Å². The standard InChI is InChI=1S/C16H21NO4/c1-19-14-4-3-11(17)9-13(14)15(18)21-12-5-8-20-16(10-12)6-2-7-16/h3-4,9,12H,2,5-8,10,17H2,1H3. The topological polar surface area (TPSA) is 70.8 Å². The van der Waals surface area contributed by atoms with E-state index in [1.54, 1.807) is 18.2 Å². The quantitative estimate of drug-likeness (QED) is 0.684. The van der Waals surface area contributed by atoms with Crippen molar-refractivity contribution in [1.82, 2.24) is 0 Å². The van der Waals surface area contributed by atoms with E-state index in [0.717, 1.165) is 25.7 Å². The van der Waals surface area contributed by atoms with Crippen LogP contribution in [0.1, 0.15) is 42.5 Å². The number of ether oxygens (including phenoxy) is 3. The van der Waals surface area contributed by atoms with Crippen LogP contribution in [0.25, 0.3) is 0 Å². The Hall–Kier alpha value is -1.75. The van der Waals surface area contributed by atoms with Gasteiger partial charge in [0.25, 0.3) is 0 Å². The van der Waals surface area contributed by atoms with E-state index in [2.05, 4.69) is 0 Å². The molecule has 5 heteroatoms. The molecule has 2 aliphatic rings. The number of rotatable bonds is 3. The lowest BCUT2D eigenvalue weighted by atomic mass is 9.74. The van der Waals surface area contributed by atoms with Gasteiger partial charge in [0.1, 0.15) is 17.4 Å². The maximum Gasteiger partial charge on any atom is 0.342 e. The summed E-state index contributed by atoms with van der Waals surface area (Å²) in [6.07, 6.45) is 4.80. The summed E-state index contributed by atoms with van der Waals surface area (Å²) in [7, 11) is 1.53. The summed E-state index contributed by atoms with van der Waals surface area (Å²) in [4.78, 5) is 12.4. The Kier molecular flexibility index (Phi) is 3.76. The van der Waals surface area contributed by atoms with Gasteiger partial charge >= 0.3 is 5.97 Å². The smallest absolute Gasteiger partial charge is 0.342 e. The Balaban J connectivity index is 1.70. The third kappa shape index (κ3) is 2.83. The molecule has 1 aliphatic carbocycles. The van der Waals surface area contributed by atoms with Crippen LogP contribution in [0.2, 0.25) is 0 Å². The molecule has 1 unspecified atom stereocenters. The van der Waals surface area contributed by atoms with Gasteiger partial charge in [0.2, 0.25) is 0 Å². The van der Waals surface area contributed by atoms with Crippen LogP contribution < -0.4 is 10.5 Å². The summed E-state index contributed by atoms with van der Waals surface area (Å²) in [6.45, 7) is 0.659. The summed E-state index contributed by atoms with van der Waals surface area (Å²) in [5.74, 6) is 0.111. The highest BCUT2D eigenvalue weighted by molar-refractivity contribution is 5.93. The zero-order chi connectivity index (χ0) is 14.9. The van der Waals surface area contributed by atoms with Crippen LogP contribution in [0.5, 0.6) is 5.75 Å². The van der Waals surface area contributed by atoms with Gasteiger partial charge in [-0.3, -0.25) is 0 Å². The number of methoxy groups -OCH3 is 1. The van der Waals surface area contributed by atoms with Crippen LogP contribution in [0.15, 0.2) is 18.2 Å². The SMILES string of the molecule is COc1ccc(N)cc1C(=O)OC1CCOC2(CCC2)C1. The minimum atomic E-state index is -0.375. The lowest BCUT2D eigenvalue weighted by Crippen LogP contribution is -2.48. The molecule has 1 atom stereocenters. The Labute approximate surface area is 124 Å². The zero-order valence-electron chi connectivity index (χ0n) is 12.3. The second-order valence-corrected chi connectivity index (χ2v) is 5.86. The number of nitrogens with two attached hydrogens (primary N) is 1. The average molecular weight is 291 g/mol. The van der Waals surface area contributed by atoms with Crippen molar-refractivity contribution in [1.29, 1.82) is 0 Å². The van der Waals surface area contributed by atoms with Gasteiger partial charge in [0.05, 0.1) is 19.3 Å². The van der Waals surface area contributed by atoms with Crippen LogP contribution in [0.3, 0.4) is 0 Å². The Morgan fingerprint density at radius 2 is 2.24 bits per heavy atom. The first-order chi connectivity index (χ1) is 10.1. The molecule has 0 radical (unpaired) electrons. The van der Waals surface area contributed by atoms with Gasteiger partial charge in [-0.2, -0.15) is 0 Å². The van der Waals surface area contributed by atoms with Gasteiger partial charge in [0.15, 0.2) is 0 Å². The predicted molar refractivity (Wildman–Crippen MR) is 78.4 cm³/mol. The van der Waals surface area contributed by atoms with Crippen molar-refractivity contribution in [2.75, 3.05) is 19.5 Å². The van der Waals surface area contributed by atoms with Crippen LogP contribution >= 0.6 is 0 Å². The van der Waals surface area contributed by atoms with Gasteiger partial charge in [0, 0.05) is 18.5 Å². The number of carbonyl (C=O) groups excluding carboxylic acids is 1. The van der Waals surface area contributed by atoms with Crippen molar-refractivity contribution in [3.63, 3.8) is 0 Å². The first kappa shape index (κ1) is 14.2. The van der Waals surface area contributed by atoms with E-state index in [-0.39, 0.29) is 17.7 Å². The molecule has 114 valence electrons. The van der Waals surface area contributed by atoms with E-state index in [1.807, 2.05) is 0 Å². The second-order valence-electron chi connectivity index (χ2n) is 5.86. The third-order valence-electron chi connectivity index (χ3n) is 4.43. The van der Waals surface area contributed by atoms with E-state index < -0.39 is 0 Å². The van der Waals surface area contributed by atoms with Gasteiger partial charge in [-0.05, 0) is 37.5 Å². The molecule has 5 nitrogen and oxygen atoms in total. The van der Waals surface area contributed by atoms with Gasteiger partial charge in [-0.1, -0.05) is 0 Å². The fourth-order valence-corrected chi connectivity index (χ4v) is 3.10. The molecule has 1 aromatic rings. The Bertz CT molecular complexity index is 539. The zero-order valence-corrected chi connectivity index (χ0v) is 12.3. The molecule has 0 amide bonds. The van der Waals surface area contributed by atoms with Crippen molar-refractivity contribution < 1.29 is 19.0 Å². The summed E-state index contributed by atoms with van der Waals surface area (Å²) in [5.41, 5.74) is 6.60. The van der Waals surface area contributed by atoms with Crippen LogP contribution in [0, 0.1) is 0 Å². The molecule has 0 bridgehead atoms. The Morgan fingerprint density at radius 1 is 1.43 bits per heavy atom. The maximum absolute atomic E-state index is 12.4. The summed E-state index contributed by atoms with van der Waals surface area (Å²) in [5, 5.41) is 0. The second kappa shape index (κ2) is 5.56. The van der Waals surface area contributed by atoms with E-state index in [9.17, 15) is 4.79 Å². The fourth-order valence-electron chi connectivity index (χ4n) is 3.10. The molecular formula is C16H21NO4. The molecule has 1 saturated carbocycles. The van der Waals surface area contributed by atoms with E-state index in [4.69, 9.17) is 19.9 Å². The predicted octanol–water partition coefficient (Wildman–Crippen LogP) is 2.54. The molecular weight excluding hydrogens is 270 g/mol. The number of nitrogen functional groups attached to an aromatic ring is 1. The number of hydrogen-bond donors (Lipinski definition) is 1. The van der Waals surface area contributed by atoms with Crippen LogP contribution in [-0.4, -0.2) is 31.4 Å². The molecule has 1 aliphatic heterocycles. The lowest BCUT2D eigenvalue weighted by Gasteiger charge is -2.46. The highest BCUT2D eigenvalue weighted by Gasteiger charge is 2.43. The van der Waals surface area contributed by atoms with Gasteiger partial charge < -0.3 is 19.9 Å². The number of anilines is 1. The third-order valence-corrected chi connectivity index (χ3v) is 4.43. The summed E-state index contributed by atoms with van der Waals surface area (Å²) < 4.78 is 16.7. The molecule has 21 heavy (non-hydrogen) atoms. The monoisotopic (exact) mass is 291 g/mol. The summed E-state index contributed by atoms with van der Waals surface area (Å²) >= 11 is 0. The first-order valence-corrected chi connectivity index (χ1v) is 7.40. The number of carbonyl (C=O) groups is 1. The van der Waals surface area contributed by atoms with E-state index >= 15 is 0 Å². The molecule has 1 saturated heterocycles. The van der Waals surface area contributed by atoms with Gasteiger partial charge in [-0.25, -0.2) is 4.79 Å². The molecule has 2 fully saturated rings. The van der Waals surface area contributed by atoms with Crippen molar-refractivity contribution >= 4 is 11.7 Å². The highest BCUT2D eigenvalue weighted by Crippen LogP contribution is 2.43. The largest absolute Gasteiger partial charge is 0.496 e. The van der Waals surface area contributed by atoms with E-state index in [1.165, 1.54) is 13.5 Å². The summed E-state index contributed by atoms with van der Waals surface area (Å²) in [6, 6.07) is 4.98. The minimum Gasteiger partial charge on any atom is -0.496 e. The minimum absolute atomic E-state index is 0.0387. The molecule has 1 aromatic carbocycles. The number of esters is 1. The molecule has 3 rings (SSSR count). The normalized spacial score (nSPS) is 23.4. The number of benzene rings is 1. The first-order valence-electron chi connectivity index (χ1n) is 7.40. The van der Waals surface area contributed by atoms with Crippen molar-refractivity contribution in [3.8, 4) is 5.75 Å². The maximum atomic E-state index is 12.4. The van der Waals surface area contributed by atoms with Crippen molar-refractivity contribution in [2.24, 2.45) is 0 Å². The molecule has 0 aromatic heterocycles.